The van der Waals surface area contributed by atoms with E-state index in [2.05, 4.69) is 0 Å². The minimum Gasteiger partial charge on any atom is -0.338 e. The molecule has 1 aliphatic rings. The van der Waals surface area contributed by atoms with Crippen molar-refractivity contribution in [2.45, 2.75) is 6.54 Å². The third kappa shape index (κ3) is 4.09. The summed E-state index contributed by atoms with van der Waals surface area (Å²) in [7, 11) is 0. The van der Waals surface area contributed by atoms with E-state index in [1.165, 1.54) is 10.6 Å². The fraction of sp³-hybridized carbons (Fsp3) is 0.278. The van der Waals surface area contributed by atoms with Crippen molar-refractivity contribution in [2.75, 3.05) is 26.2 Å². The van der Waals surface area contributed by atoms with Crippen LogP contribution < -0.4 is 5.56 Å². The number of aromatic nitrogens is 1. The van der Waals surface area contributed by atoms with Crippen molar-refractivity contribution < 1.29 is 9.59 Å². The zero-order valence-corrected chi connectivity index (χ0v) is 14.4. The number of piperazine rings is 1. The molecule has 0 unspecified atom stereocenters. The maximum absolute atomic E-state index is 12.5. The summed E-state index contributed by atoms with van der Waals surface area (Å²) in [5, 5.41) is 0.586. The Morgan fingerprint density at radius 3 is 2.20 bits per heavy atom. The molecule has 2 heterocycles. The first-order valence-corrected chi connectivity index (χ1v) is 8.40. The van der Waals surface area contributed by atoms with Gasteiger partial charge in [-0.05, 0) is 30.3 Å². The molecule has 1 fully saturated rings. The smallest absolute Gasteiger partial charge is 0.253 e. The number of nitrogens with zero attached hydrogens (tertiary/aromatic N) is 3. The van der Waals surface area contributed by atoms with Gasteiger partial charge >= 0.3 is 0 Å². The molecule has 7 heteroatoms. The van der Waals surface area contributed by atoms with E-state index in [1.54, 1.807) is 52.4 Å². The number of amides is 2. The van der Waals surface area contributed by atoms with Crippen LogP contribution in [0.3, 0.4) is 0 Å². The summed E-state index contributed by atoms with van der Waals surface area (Å²) in [5.41, 5.74) is 0.382. The van der Waals surface area contributed by atoms with E-state index >= 15 is 0 Å². The van der Waals surface area contributed by atoms with E-state index < -0.39 is 0 Å². The lowest BCUT2D eigenvalue weighted by Crippen LogP contribution is -2.51. The summed E-state index contributed by atoms with van der Waals surface area (Å²) in [6, 6.07) is 11.6. The normalized spacial score (nSPS) is 14.4. The average Bonchev–Trinajstić information content (AvgIpc) is 2.64. The van der Waals surface area contributed by atoms with Gasteiger partial charge < -0.3 is 14.4 Å². The van der Waals surface area contributed by atoms with Gasteiger partial charge in [0.25, 0.3) is 11.5 Å². The number of benzene rings is 1. The van der Waals surface area contributed by atoms with Crippen LogP contribution in [0.1, 0.15) is 10.4 Å². The Morgan fingerprint density at radius 1 is 0.920 bits per heavy atom. The van der Waals surface area contributed by atoms with E-state index in [0.29, 0.717) is 36.8 Å². The largest absolute Gasteiger partial charge is 0.338 e. The van der Waals surface area contributed by atoms with Crippen LogP contribution in [-0.2, 0) is 11.3 Å². The molecule has 1 aromatic carbocycles. The Morgan fingerprint density at radius 2 is 1.56 bits per heavy atom. The summed E-state index contributed by atoms with van der Waals surface area (Å²) in [6.45, 7) is 1.87. The Bertz CT molecular complexity index is 824. The van der Waals surface area contributed by atoms with Crippen molar-refractivity contribution in [3.8, 4) is 0 Å². The van der Waals surface area contributed by atoms with E-state index in [4.69, 9.17) is 11.6 Å². The third-order valence-electron chi connectivity index (χ3n) is 4.22. The fourth-order valence-corrected chi connectivity index (χ4v) is 2.90. The molecule has 0 N–H and O–H groups in total. The highest BCUT2D eigenvalue weighted by molar-refractivity contribution is 6.30. The van der Waals surface area contributed by atoms with Crippen molar-refractivity contribution in [2.24, 2.45) is 0 Å². The molecule has 2 amide bonds. The molecule has 1 aliphatic heterocycles. The predicted molar refractivity (Wildman–Crippen MR) is 94.6 cm³/mol. The highest BCUT2D eigenvalue weighted by Gasteiger charge is 2.24. The van der Waals surface area contributed by atoms with Crippen LogP contribution in [-0.4, -0.2) is 52.4 Å². The first-order chi connectivity index (χ1) is 12.0. The number of hydrogen-bond acceptors (Lipinski definition) is 3. The lowest BCUT2D eigenvalue weighted by molar-refractivity contribution is -0.133. The maximum atomic E-state index is 12.5. The summed E-state index contributed by atoms with van der Waals surface area (Å²) >= 11 is 5.84. The van der Waals surface area contributed by atoms with Gasteiger partial charge in [-0.3, -0.25) is 14.4 Å². The van der Waals surface area contributed by atoms with Crippen molar-refractivity contribution in [1.29, 1.82) is 0 Å². The number of carbonyl (C=O) groups excluding carboxylic acids is 2. The lowest BCUT2D eigenvalue weighted by atomic mass is 10.2. The molecule has 6 nitrogen and oxygen atoms in total. The molecule has 0 bridgehead atoms. The van der Waals surface area contributed by atoms with Gasteiger partial charge in [0, 0.05) is 49.0 Å². The molecule has 0 saturated carbocycles. The Labute approximate surface area is 150 Å². The highest BCUT2D eigenvalue weighted by atomic mass is 35.5. The zero-order valence-electron chi connectivity index (χ0n) is 13.6. The molecular formula is C18H18ClN3O3. The van der Waals surface area contributed by atoms with E-state index in [1.807, 2.05) is 0 Å². The minimum absolute atomic E-state index is 0.0187. The average molecular weight is 360 g/mol. The van der Waals surface area contributed by atoms with Crippen molar-refractivity contribution in [3.63, 3.8) is 0 Å². The minimum atomic E-state index is -0.201. The van der Waals surface area contributed by atoms with Gasteiger partial charge in [-0.1, -0.05) is 17.7 Å². The monoisotopic (exact) mass is 359 g/mol. The molecule has 2 aromatic rings. The van der Waals surface area contributed by atoms with Crippen LogP contribution in [0, 0.1) is 0 Å². The molecule has 0 spiro atoms. The Kier molecular flexibility index (Phi) is 5.19. The SMILES string of the molecule is O=C(Cn1ccccc1=O)N1CCN(C(=O)c2ccc(Cl)cc2)CC1. The summed E-state index contributed by atoms with van der Waals surface area (Å²) < 4.78 is 1.38. The van der Waals surface area contributed by atoms with E-state index in [9.17, 15) is 14.4 Å². The maximum Gasteiger partial charge on any atom is 0.253 e. The second kappa shape index (κ2) is 7.53. The van der Waals surface area contributed by atoms with Gasteiger partial charge in [-0.2, -0.15) is 0 Å². The van der Waals surface area contributed by atoms with Crippen LogP contribution in [0.4, 0.5) is 0 Å². The van der Waals surface area contributed by atoms with Gasteiger partial charge in [-0.25, -0.2) is 0 Å². The second-order valence-corrected chi connectivity index (χ2v) is 6.28. The molecule has 1 saturated heterocycles. The Balaban J connectivity index is 1.57. The fourth-order valence-electron chi connectivity index (χ4n) is 2.77. The van der Waals surface area contributed by atoms with Crippen LogP contribution in [0.15, 0.2) is 53.5 Å². The summed E-state index contributed by atoms with van der Waals surface area (Å²) in [6.07, 6.45) is 1.60. The van der Waals surface area contributed by atoms with Crippen molar-refractivity contribution in [3.05, 3.63) is 69.6 Å². The zero-order chi connectivity index (χ0) is 17.8. The van der Waals surface area contributed by atoms with Gasteiger partial charge in [0.15, 0.2) is 0 Å². The van der Waals surface area contributed by atoms with Crippen LogP contribution in [0.5, 0.6) is 0 Å². The lowest BCUT2D eigenvalue weighted by Gasteiger charge is -2.35. The standard InChI is InChI=1S/C18H18ClN3O3/c19-15-6-4-14(5-7-15)18(25)21-11-9-20(10-12-21)17(24)13-22-8-2-1-3-16(22)23/h1-8H,9-13H2. The molecule has 1 aromatic heterocycles. The third-order valence-corrected chi connectivity index (χ3v) is 4.47. The van der Waals surface area contributed by atoms with Gasteiger partial charge in [0.05, 0.1) is 0 Å². The van der Waals surface area contributed by atoms with Gasteiger partial charge in [0.1, 0.15) is 6.54 Å². The van der Waals surface area contributed by atoms with E-state index in [0.717, 1.165) is 0 Å². The molecule has 0 aliphatic carbocycles. The molecular weight excluding hydrogens is 342 g/mol. The quantitative estimate of drug-likeness (QED) is 0.834. The first-order valence-electron chi connectivity index (χ1n) is 8.03. The van der Waals surface area contributed by atoms with Gasteiger partial charge in [-0.15, -0.1) is 0 Å². The molecule has 130 valence electrons. The van der Waals surface area contributed by atoms with Crippen molar-refractivity contribution >= 4 is 23.4 Å². The van der Waals surface area contributed by atoms with Crippen LogP contribution >= 0.6 is 11.6 Å². The Hall–Kier alpha value is -2.60. The topological polar surface area (TPSA) is 62.6 Å². The molecule has 0 radical (unpaired) electrons. The highest BCUT2D eigenvalue weighted by Crippen LogP contribution is 2.13. The number of rotatable bonds is 3. The molecule has 25 heavy (non-hydrogen) atoms. The number of hydrogen-bond donors (Lipinski definition) is 0. The van der Waals surface area contributed by atoms with Gasteiger partial charge in [0.2, 0.25) is 5.91 Å². The first kappa shape index (κ1) is 17.2. The number of halogens is 1. The van der Waals surface area contributed by atoms with Crippen molar-refractivity contribution in [1.82, 2.24) is 14.4 Å². The number of carbonyl (C=O) groups is 2. The summed E-state index contributed by atoms with van der Waals surface area (Å²) in [4.78, 5) is 39.9. The molecule has 0 atom stereocenters. The predicted octanol–water partition coefficient (Wildman–Crippen LogP) is 1.49. The van der Waals surface area contributed by atoms with Crippen LogP contribution in [0.25, 0.3) is 0 Å². The van der Waals surface area contributed by atoms with Crippen LogP contribution in [0.2, 0.25) is 5.02 Å². The molecule has 3 rings (SSSR count). The second-order valence-electron chi connectivity index (χ2n) is 5.85. The van der Waals surface area contributed by atoms with E-state index in [-0.39, 0.29) is 23.9 Å². The summed E-state index contributed by atoms with van der Waals surface area (Å²) in [5.74, 6) is -0.185. The number of pyridine rings is 1.